The molecule has 0 atom stereocenters. The zero-order chi connectivity index (χ0) is 14.5. The average Bonchev–Trinajstić information content (AvgIpc) is 2.93. The molecular weight excluding hydrogens is 252 g/mol. The Labute approximate surface area is 112 Å². The predicted molar refractivity (Wildman–Crippen MR) is 66.5 cm³/mol. The summed E-state index contributed by atoms with van der Waals surface area (Å²) in [5.41, 5.74) is 0.186. The van der Waals surface area contributed by atoms with Crippen molar-refractivity contribution in [2.45, 2.75) is 13.8 Å². The molecule has 0 saturated carbocycles. The molecule has 0 aromatic rings. The summed E-state index contributed by atoms with van der Waals surface area (Å²) in [4.78, 5) is 23.5. The Kier molecular flexibility index (Phi) is 5.50. The second-order valence-electron chi connectivity index (χ2n) is 4.63. The first-order chi connectivity index (χ1) is 8.96. The molecule has 19 heavy (non-hydrogen) atoms. The molecule has 0 fully saturated rings. The fourth-order valence-corrected chi connectivity index (χ4v) is 1.76. The Morgan fingerprint density at radius 1 is 0.842 bits per heavy atom. The zero-order valence-corrected chi connectivity index (χ0v) is 11.8. The van der Waals surface area contributed by atoms with E-state index in [1.807, 2.05) is 0 Å². The molecule has 0 aromatic heterocycles. The van der Waals surface area contributed by atoms with Crippen molar-refractivity contribution in [3.63, 3.8) is 0 Å². The van der Waals surface area contributed by atoms with E-state index in [0.717, 1.165) is 0 Å². The molecule has 0 N–H and O–H groups in total. The van der Waals surface area contributed by atoms with Crippen LogP contribution in [-0.4, -0.2) is 52.6 Å². The lowest BCUT2D eigenvalue weighted by Crippen LogP contribution is -2.12. The minimum atomic E-state index is -0.575. The third-order valence-corrected chi connectivity index (χ3v) is 2.89. The largest absolute Gasteiger partial charge is 0.460 e. The van der Waals surface area contributed by atoms with E-state index < -0.39 is 17.4 Å². The summed E-state index contributed by atoms with van der Waals surface area (Å²) in [5.74, 6) is -0.971. The maximum atomic E-state index is 11.8. The van der Waals surface area contributed by atoms with Gasteiger partial charge in [0, 0.05) is 19.6 Å². The van der Waals surface area contributed by atoms with Gasteiger partial charge in [-0.05, 0) is 0 Å². The quantitative estimate of drug-likeness (QED) is 0.478. The molecule has 6 heteroatoms. The molecule has 1 aliphatic carbocycles. The first-order valence-corrected chi connectivity index (χ1v) is 6.04. The van der Waals surface area contributed by atoms with Crippen LogP contribution in [0.25, 0.3) is 0 Å². The first-order valence-electron chi connectivity index (χ1n) is 6.04. The van der Waals surface area contributed by atoms with Gasteiger partial charge in [-0.25, -0.2) is 9.59 Å². The van der Waals surface area contributed by atoms with Gasteiger partial charge in [-0.15, -0.1) is 0 Å². The maximum absolute atomic E-state index is 11.8. The normalized spacial score (nSPS) is 16.2. The summed E-state index contributed by atoms with van der Waals surface area (Å²) in [6.07, 6.45) is 0. The number of rotatable bonds is 8. The van der Waals surface area contributed by atoms with E-state index in [4.69, 9.17) is 18.9 Å². The molecule has 0 saturated heterocycles. The smallest absolute Gasteiger partial charge is 0.335 e. The first kappa shape index (κ1) is 15.7. The summed E-state index contributed by atoms with van der Waals surface area (Å²) in [5, 5.41) is 0. The van der Waals surface area contributed by atoms with Gasteiger partial charge in [0.15, 0.2) is 0 Å². The molecule has 1 aliphatic rings. The Bertz CT molecular complexity index is 349. The van der Waals surface area contributed by atoms with Crippen LogP contribution in [0.2, 0.25) is 0 Å². The van der Waals surface area contributed by atoms with Crippen molar-refractivity contribution in [2.75, 3.05) is 40.6 Å². The number of esters is 2. The molecule has 0 bridgehead atoms. The topological polar surface area (TPSA) is 71.1 Å². The van der Waals surface area contributed by atoms with Gasteiger partial charge >= 0.3 is 11.9 Å². The molecule has 0 heterocycles. The molecular formula is C13H20O6. The molecule has 0 unspecified atom stereocenters. The molecule has 0 radical (unpaired) electrons. The van der Waals surface area contributed by atoms with Crippen LogP contribution in [0.3, 0.4) is 0 Å². The van der Waals surface area contributed by atoms with E-state index in [-0.39, 0.29) is 13.2 Å². The van der Waals surface area contributed by atoms with Crippen LogP contribution in [0.1, 0.15) is 13.8 Å². The van der Waals surface area contributed by atoms with Crippen molar-refractivity contribution in [1.29, 1.82) is 0 Å². The number of hydrogen-bond donors (Lipinski definition) is 0. The third-order valence-electron chi connectivity index (χ3n) is 2.89. The highest BCUT2D eigenvalue weighted by molar-refractivity contribution is 6.11. The van der Waals surface area contributed by atoms with Gasteiger partial charge < -0.3 is 18.9 Å². The summed E-state index contributed by atoms with van der Waals surface area (Å²) < 4.78 is 19.6. The van der Waals surface area contributed by atoms with Crippen molar-refractivity contribution >= 4 is 11.9 Å². The summed E-state index contributed by atoms with van der Waals surface area (Å²) in [6.45, 7) is 4.56. The van der Waals surface area contributed by atoms with Crippen molar-refractivity contribution in [1.82, 2.24) is 0 Å². The van der Waals surface area contributed by atoms with Crippen LogP contribution >= 0.6 is 0 Å². The Balaban J connectivity index is 2.55. The second-order valence-corrected chi connectivity index (χ2v) is 4.63. The molecule has 0 spiro atoms. The van der Waals surface area contributed by atoms with E-state index in [1.54, 1.807) is 13.8 Å². The third kappa shape index (κ3) is 3.78. The minimum Gasteiger partial charge on any atom is -0.460 e. The van der Waals surface area contributed by atoms with Crippen molar-refractivity contribution in [3.8, 4) is 0 Å². The number of methoxy groups -OCH3 is 2. The van der Waals surface area contributed by atoms with Crippen molar-refractivity contribution < 1.29 is 28.5 Å². The lowest BCUT2D eigenvalue weighted by Gasteiger charge is -2.06. The monoisotopic (exact) mass is 272 g/mol. The predicted octanol–water partition coefficient (Wildman–Crippen LogP) is 0.702. The van der Waals surface area contributed by atoms with Gasteiger partial charge in [0.2, 0.25) is 0 Å². The van der Waals surface area contributed by atoms with Crippen LogP contribution in [0.4, 0.5) is 0 Å². The van der Waals surface area contributed by atoms with Crippen molar-refractivity contribution in [3.05, 3.63) is 11.1 Å². The Morgan fingerprint density at radius 3 is 1.53 bits per heavy atom. The van der Waals surface area contributed by atoms with Crippen LogP contribution in [-0.2, 0) is 28.5 Å². The van der Waals surface area contributed by atoms with Gasteiger partial charge in [0.25, 0.3) is 0 Å². The van der Waals surface area contributed by atoms with Gasteiger partial charge in [-0.2, -0.15) is 0 Å². The molecule has 1 rings (SSSR count). The number of carbonyl (C=O) groups excluding carboxylic acids is 2. The second kappa shape index (κ2) is 6.68. The van der Waals surface area contributed by atoms with Crippen molar-refractivity contribution in [2.24, 2.45) is 5.41 Å². The van der Waals surface area contributed by atoms with Gasteiger partial charge in [0.1, 0.15) is 13.2 Å². The van der Waals surface area contributed by atoms with E-state index >= 15 is 0 Å². The van der Waals surface area contributed by atoms with E-state index in [0.29, 0.717) is 24.4 Å². The molecule has 6 nitrogen and oxygen atoms in total. The fraction of sp³-hybridized carbons (Fsp3) is 0.692. The maximum Gasteiger partial charge on any atom is 0.335 e. The number of ether oxygens (including phenoxy) is 4. The summed E-state index contributed by atoms with van der Waals surface area (Å²) >= 11 is 0. The number of carbonyl (C=O) groups is 2. The number of hydrogen-bond acceptors (Lipinski definition) is 6. The van der Waals surface area contributed by atoms with Crippen LogP contribution < -0.4 is 0 Å². The lowest BCUT2D eigenvalue weighted by molar-refractivity contribution is -0.141. The molecule has 0 aromatic carbocycles. The molecule has 0 amide bonds. The summed E-state index contributed by atoms with van der Waals surface area (Å²) in [7, 11) is 3.04. The van der Waals surface area contributed by atoms with Crippen LogP contribution in [0, 0.1) is 5.41 Å². The van der Waals surface area contributed by atoms with E-state index in [2.05, 4.69) is 0 Å². The summed E-state index contributed by atoms with van der Waals surface area (Å²) in [6, 6.07) is 0. The van der Waals surface area contributed by atoms with Gasteiger partial charge in [-0.1, -0.05) is 13.8 Å². The SMILES string of the molecule is COCCOC(=O)C1=C(C(=O)OCCOC)C1(C)C. The highest BCUT2D eigenvalue weighted by Gasteiger charge is 2.54. The molecule has 108 valence electrons. The minimum absolute atomic E-state index is 0.168. The Hall–Kier alpha value is -1.40. The fourth-order valence-electron chi connectivity index (χ4n) is 1.76. The highest BCUT2D eigenvalue weighted by atomic mass is 16.6. The lowest BCUT2D eigenvalue weighted by atomic mass is 10.0. The molecule has 0 aliphatic heterocycles. The van der Waals surface area contributed by atoms with Gasteiger partial charge in [-0.3, -0.25) is 0 Å². The van der Waals surface area contributed by atoms with Crippen LogP contribution in [0.15, 0.2) is 11.1 Å². The van der Waals surface area contributed by atoms with Gasteiger partial charge in [0.05, 0.1) is 24.4 Å². The average molecular weight is 272 g/mol. The highest BCUT2D eigenvalue weighted by Crippen LogP contribution is 2.52. The Morgan fingerprint density at radius 2 is 1.21 bits per heavy atom. The van der Waals surface area contributed by atoms with E-state index in [9.17, 15) is 9.59 Å². The van der Waals surface area contributed by atoms with E-state index in [1.165, 1.54) is 14.2 Å². The zero-order valence-electron chi connectivity index (χ0n) is 11.8. The van der Waals surface area contributed by atoms with Crippen LogP contribution in [0.5, 0.6) is 0 Å². The standard InChI is InChI=1S/C13H20O6/c1-13(2)9(11(14)18-7-5-16-3)10(13)12(15)19-8-6-17-4/h5-8H2,1-4H3.